The first-order valence-corrected chi connectivity index (χ1v) is 7.16. The lowest BCUT2D eigenvalue weighted by Gasteiger charge is -2.31. The van der Waals surface area contributed by atoms with E-state index in [4.69, 9.17) is 21.1 Å². The predicted molar refractivity (Wildman–Crippen MR) is 69.1 cm³/mol. The Balaban J connectivity index is 1.82. The molecule has 2 aliphatic rings. The van der Waals surface area contributed by atoms with Crippen LogP contribution in [0.2, 0.25) is 5.28 Å². The summed E-state index contributed by atoms with van der Waals surface area (Å²) in [7, 11) is 0. The van der Waals surface area contributed by atoms with Crippen LogP contribution in [0.15, 0.2) is 6.20 Å². The number of ether oxygens (including phenoxy) is 2. The number of fused-ring (bicyclic) bond motifs is 3. The maximum atomic E-state index is 5.84. The Bertz CT molecular complexity index is 622. The minimum Gasteiger partial charge on any atom is -0.347 e. The fraction of sp³-hybridized carbons (Fsp3) is 0.500. The van der Waals surface area contributed by atoms with Crippen LogP contribution in [-0.2, 0) is 22.3 Å². The second-order valence-electron chi connectivity index (χ2n) is 4.65. The van der Waals surface area contributed by atoms with Crippen LogP contribution in [0, 0.1) is 0 Å². The van der Waals surface area contributed by atoms with Gasteiger partial charge in [0.1, 0.15) is 4.83 Å². The number of thiophene rings is 1. The zero-order chi connectivity index (χ0) is 12.2. The van der Waals surface area contributed by atoms with Crippen LogP contribution >= 0.6 is 22.9 Å². The highest BCUT2D eigenvalue weighted by molar-refractivity contribution is 7.18. The minimum absolute atomic E-state index is 0.309. The number of hydrogen-bond donors (Lipinski definition) is 0. The molecule has 0 aromatic carbocycles. The maximum absolute atomic E-state index is 5.84. The van der Waals surface area contributed by atoms with Gasteiger partial charge in [0.2, 0.25) is 5.28 Å². The topological polar surface area (TPSA) is 44.2 Å². The van der Waals surface area contributed by atoms with Crippen molar-refractivity contribution in [3.8, 4) is 0 Å². The van der Waals surface area contributed by atoms with Gasteiger partial charge in [-0.25, -0.2) is 9.97 Å². The molecule has 4 rings (SSSR count). The van der Waals surface area contributed by atoms with Gasteiger partial charge in [0.25, 0.3) is 0 Å². The summed E-state index contributed by atoms with van der Waals surface area (Å²) in [6, 6.07) is 0. The molecule has 0 unspecified atom stereocenters. The summed E-state index contributed by atoms with van der Waals surface area (Å²) < 4.78 is 11.6. The van der Waals surface area contributed by atoms with Crippen LogP contribution in [0.25, 0.3) is 10.2 Å². The normalized spacial score (nSPS) is 21.6. The summed E-state index contributed by atoms with van der Waals surface area (Å²) in [5.74, 6) is -0.384. The first-order valence-electron chi connectivity index (χ1n) is 5.96. The van der Waals surface area contributed by atoms with Gasteiger partial charge in [0, 0.05) is 29.3 Å². The van der Waals surface area contributed by atoms with Gasteiger partial charge in [0.15, 0.2) is 5.79 Å². The molecule has 3 heterocycles. The van der Waals surface area contributed by atoms with E-state index in [1.807, 2.05) is 6.20 Å². The molecule has 0 atom stereocenters. The number of hydrogen-bond acceptors (Lipinski definition) is 5. The monoisotopic (exact) mass is 282 g/mol. The van der Waals surface area contributed by atoms with Crippen molar-refractivity contribution in [2.45, 2.75) is 25.0 Å². The Kier molecular flexibility index (Phi) is 2.39. The van der Waals surface area contributed by atoms with E-state index in [-0.39, 0.29) is 5.79 Å². The molecule has 0 N–H and O–H groups in total. The summed E-state index contributed by atoms with van der Waals surface area (Å²) in [6.07, 6.45) is 4.52. The highest BCUT2D eigenvalue weighted by Gasteiger charge is 2.41. The van der Waals surface area contributed by atoms with E-state index in [2.05, 4.69) is 9.97 Å². The highest BCUT2D eigenvalue weighted by Crippen LogP contribution is 2.41. The Hall–Kier alpha value is -0.750. The van der Waals surface area contributed by atoms with E-state index in [0.29, 0.717) is 18.5 Å². The van der Waals surface area contributed by atoms with Gasteiger partial charge in [-0.05, 0) is 23.6 Å². The number of nitrogens with zero attached hydrogens (tertiary/aromatic N) is 2. The highest BCUT2D eigenvalue weighted by atomic mass is 35.5. The Morgan fingerprint density at radius 3 is 3.00 bits per heavy atom. The van der Waals surface area contributed by atoms with E-state index in [9.17, 15) is 0 Å². The molecule has 94 valence electrons. The lowest BCUT2D eigenvalue weighted by atomic mass is 9.92. The van der Waals surface area contributed by atoms with Gasteiger partial charge in [-0.15, -0.1) is 11.3 Å². The Morgan fingerprint density at radius 1 is 1.33 bits per heavy atom. The first-order chi connectivity index (χ1) is 8.76. The number of halogens is 1. The van der Waals surface area contributed by atoms with Gasteiger partial charge in [-0.1, -0.05) is 0 Å². The molecular formula is C12H11ClN2O2S. The number of rotatable bonds is 0. The summed E-state index contributed by atoms with van der Waals surface area (Å²) in [4.78, 5) is 10.6. The van der Waals surface area contributed by atoms with Gasteiger partial charge < -0.3 is 9.47 Å². The summed E-state index contributed by atoms with van der Waals surface area (Å²) in [5.41, 5.74) is 1.34. The van der Waals surface area contributed by atoms with Crippen LogP contribution in [0.3, 0.4) is 0 Å². The molecule has 2 aromatic rings. The number of aromatic nitrogens is 2. The molecule has 1 spiro atoms. The second kappa shape index (κ2) is 3.87. The smallest absolute Gasteiger partial charge is 0.223 e. The minimum atomic E-state index is -0.384. The number of aryl methyl sites for hydroxylation is 1. The lowest BCUT2D eigenvalue weighted by molar-refractivity contribution is -0.163. The SMILES string of the molecule is Clc1ncc2c3c(sc2n1)CC1(CC3)OCCO1. The zero-order valence-electron chi connectivity index (χ0n) is 9.61. The second-order valence-corrected chi connectivity index (χ2v) is 6.07. The van der Waals surface area contributed by atoms with Gasteiger partial charge in [-0.3, -0.25) is 0 Å². The molecular weight excluding hydrogens is 272 g/mol. The molecule has 1 aliphatic heterocycles. The van der Waals surface area contributed by atoms with Crippen molar-refractivity contribution in [1.29, 1.82) is 0 Å². The molecule has 18 heavy (non-hydrogen) atoms. The molecule has 2 aromatic heterocycles. The van der Waals surface area contributed by atoms with E-state index < -0.39 is 0 Å². The van der Waals surface area contributed by atoms with Crippen molar-refractivity contribution >= 4 is 33.2 Å². The fourth-order valence-corrected chi connectivity index (χ4v) is 4.23. The van der Waals surface area contributed by atoms with Crippen molar-refractivity contribution in [1.82, 2.24) is 9.97 Å². The van der Waals surface area contributed by atoms with Crippen molar-refractivity contribution in [2.24, 2.45) is 0 Å². The molecule has 1 fully saturated rings. The quantitative estimate of drug-likeness (QED) is 0.697. The lowest BCUT2D eigenvalue weighted by Crippen LogP contribution is -2.36. The molecule has 0 amide bonds. The zero-order valence-corrected chi connectivity index (χ0v) is 11.2. The predicted octanol–water partition coefficient (Wildman–Crippen LogP) is 2.58. The van der Waals surface area contributed by atoms with Crippen LogP contribution in [-0.4, -0.2) is 29.0 Å². The molecule has 6 heteroatoms. The molecule has 1 saturated heterocycles. The van der Waals surface area contributed by atoms with Crippen molar-refractivity contribution in [3.63, 3.8) is 0 Å². The third kappa shape index (κ3) is 1.58. The fourth-order valence-electron chi connectivity index (χ4n) is 2.77. The van der Waals surface area contributed by atoms with Crippen LogP contribution < -0.4 is 0 Å². The van der Waals surface area contributed by atoms with E-state index in [0.717, 1.165) is 29.5 Å². The average molecular weight is 283 g/mol. The van der Waals surface area contributed by atoms with Crippen molar-refractivity contribution in [3.05, 3.63) is 21.9 Å². The van der Waals surface area contributed by atoms with Gasteiger partial charge >= 0.3 is 0 Å². The van der Waals surface area contributed by atoms with Crippen molar-refractivity contribution in [2.75, 3.05) is 13.2 Å². The third-order valence-electron chi connectivity index (χ3n) is 3.61. The molecule has 0 saturated carbocycles. The van der Waals surface area contributed by atoms with Crippen LogP contribution in [0.5, 0.6) is 0 Å². The standard InChI is InChI=1S/C12H11ClN2O2S/c13-11-14-6-8-7-1-2-12(16-3-4-17-12)5-9(7)18-10(8)15-11/h6H,1-5H2. The van der Waals surface area contributed by atoms with Crippen molar-refractivity contribution < 1.29 is 9.47 Å². The third-order valence-corrected chi connectivity index (χ3v) is 4.93. The summed E-state index contributed by atoms with van der Waals surface area (Å²) >= 11 is 7.52. The molecule has 0 radical (unpaired) electrons. The summed E-state index contributed by atoms with van der Waals surface area (Å²) in [5, 5.41) is 1.44. The molecule has 1 aliphatic carbocycles. The van der Waals surface area contributed by atoms with Gasteiger partial charge in [-0.2, -0.15) is 0 Å². The Morgan fingerprint density at radius 2 is 2.17 bits per heavy atom. The van der Waals surface area contributed by atoms with E-state index in [1.54, 1.807) is 11.3 Å². The average Bonchev–Trinajstić information content (AvgIpc) is 2.93. The Labute approximate surface area is 113 Å². The largest absolute Gasteiger partial charge is 0.347 e. The van der Waals surface area contributed by atoms with Crippen LogP contribution in [0.1, 0.15) is 16.9 Å². The summed E-state index contributed by atoms with van der Waals surface area (Å²) in [6.45, 7) is 1.40. The first kappa shape index (κ1) is 11.1. The van der Waals surface area contributed by atoms with Gasteiger partial charge in [0.05, 0.1) is 13.2 Å². The molecule has 0 bridgehead atoms. The molecule has 4 nitrogen and oxygen atoms in total. The van der Waals surface area contributed by atoms with Crippen LogP contribution in [0.4, 0.5) is 0 Å². The van der Waals surface area contributed by atoms with E-state index >= 15 is 0 Å². The van der Waals surface area contributed by atoms with E-state index in [1.165, 1.54) is 10.4 Å². The maximum Gasteiger partial charge on any atom is 0.223 e.